The average Bonchev–Trinajstić information content (AvgIpc) is 3.00. The standard InChI is InChI=1S/C25H40O18/c1-3-5-9(27)21(37)25(39,13(29)4-2)22(38)14(30)10(28)7-40-23-20(36)18(34)16(32)12(43-23)8-41-24-19(35)17(33)15(31)11(6-26)42-24/h4,10-12,14-20,22-24,26,28,30-36,38-39H,2-3,5-8H2,1H3/t10-,11-,12-,14-,15-,16-,17+,18+,19-,20-,22+,23+,24+,25-/m1/s1. The van der Waals surface area contributed by atoms with E-state index in [0.717, 1.165) is 0 Å². The van der Waals surface area contributed by atoms with Gasteiger partial charge in [-0.25, -0.2) is 0 Å². The summed E-state index contributed by atoms with van der Waals surface area (Å²) in [7, 11) is 0. The first-order valence-electron chi connectivity index (χ1n) is 13.3. The van der Waals surface area contributed by atoms with Gasteiger partial charge in [-0.2, -0.15) is 0 Å². The number of ketones is 3. The molecule has 43 heavy (non-hydrogen) atoms. The second kappa shape index (κ2) is 15.9. The third-order valence-electron chi connectivity index (χ3n) is 7.16. The van der Waals surface area contributed by atoms with Gasteiger partial charge in [0.15, 0.2) is 18.4 Å². The van der Waals surface area contributed by atoms with E-state index in [2.05, 4.69) is 6.58 Å². The highest BCUT2D eigenvalue weighted by Gasteiger charge is 2.55. The fourth-order valence-corrected chi connectivity index (χ4v) is 4.44. The molecule has 0 radical (unpaired) electrons. The summed E-state index contributed by atoms with van der Waals surface area (Å²) in [5.74, 6) is -4.52. The molecule has 0 bridgehead atoms. The van der Waals surface area contributed by atoms with Gasteiger partial charge in [0.25, 0.3) is 0 Å². The van der Waals surface area contributed by atoms with E-state index < -0.39 is 129 Å². The topological polar surface area (TPSA) is 311 Å². The SMILES string of the molecule is C=CC(=O)[C@@](O)(C(=O)C(=O)CCC)[C@@H](O)[C@H](O)[C@H](O)CO[C@H]1O[C@H](CO[C@H]2O[C@H](CO)[C@@H](O)[C@H](O)[C@H]2O)[C@@H](O)[C@H](O)[C@H]1O. The van der Waals surface area contributed by atoms with E-state index in [1.165, 1.54) is 6.92 Å². The largest absolute Gasteiger partial charge is 0.394 e. The van der Waals surface area contributed by atoms with Gasteiger partial charge in [-0.15, -0.1) is 0 Å². The van der Waals surface area contributed by atoms with Crippen LogP contribution in [0.3, 0.4) is 0 Å². The second-order valence-electron chi connectivity index (χ2n) is 10.2. The highest BCUT2D eigenvalue weighted by atomic mass is 16.7. The molecule has 0 aromatic heterocycles. The summed E-state index contributed by atoms with van der Waals surface area (Å²) >= 11 is 0. The monoisotopic (exact) mass is 628 g/mol. The number of rotatable bonds is 16. The predicted octanol–water partition coefficient (Wildman–Crippen LogP) is -6.87. The maximum absolute atomic E-state index is 12.5. The van der Waals surface area contributed by atoms with E-state index in [1.807, 2.05) is 0 Å². The molecule has 2 rings (SSSR count). The molecule has 2 aliphatic heterocycles. The number of carbonyl (C=O) groups is 3. The Labute approximate surface area is 244 Å². The lowest BCUT2D eigenvalue weighted by atomic mass is 9.80. The number of ether oxygens (including phenoxy) is 4. The third-order valence-corrected chi connectivity index (χ3v) is 7.16. The number of hydrogen-bond acceptors (Lipinski definition) is 18. The predicted molar refractivity (Wildman–Crippen MR) is 135 cm³/mol. The summed E-state index contributed by atoms with van der Waals surface area (Å²) in [6.45, 7) is 2.12. The van der Waals surface area contributed by atoms with Gasteiger partial charge in [-0.1, -0.05) is 13.5 Å². The molecule has 0 aromatic rings. The summed E-state index contributed by atoms with van der Waals surface area (Å²) in [6, 6.07) is 0. The van der Waals surface area contributed by atoms with Crippen LogP contribution in [0.5, 0.6) is 0 Å². The molecule has 2 fully saturated rings. The number of hydrogen-bond donors (Lipinski definition) is 11. The summed E-state index contributed by atoms with van der Waals surface area (Å²) in [4.78, 5) is 36.8. The van der Waals surface area contributed by atoms with Crippen LogP contribution in [0.4, 0.5) is 0 Å². The molecule has 248 valence electrons. The van der Waals surface area contributed by atoms with Crippen molar-refractivity contribution in [2.45, 2.75) is 105 Å². The lowest BCUT2D eigenvalue weighted by molar-refractivity contribution is -0.333. The Bertz CT molecular complexity index is 960. The fraction of sp³-hybridized carbons (Fsp3) is 0.800. The van der Waals surface area contributed by atoms with Crippen molar-refractivity contribution in [3.63, 3.8) is 0 Å². The van der Waals surface area contributed by atoms with Crippen molar-refractivity contribution in [3.05, 3.63) is 12.7 Å². The van der Waals surface area contributed by atoms with E-state index >= 15 is 0 Å². The summed E-state index contributed by atoms with van der Waals surface area (Å²) in [5.41, 5.74) is -3.50. The number of aliphatic hydroxyl groups is 11. The number of Topliss-reactive ketones (excluding diaryl/α,β-unsaturated/α-hetero) is 2. The lowest BCUT2D eigenvalue weighted by Gasteiger charge is -2.43. The quantitative estimate of drug-likeness (QED) is 0.0430. The van der Waals surface area contributed by atoms with Crippen LogP contribution >= 0.6 is 0 Å². The van der Waals surface area contributed by atoms with Gasteiger partial charge in [0.2, 0.25) is 17.2 Å². The van der Waals surface area contributed by atoms with Crippen molar-refractivity contribution in [1.29, 1.82) is 0 Å². The van der Waals surface area contributed by atoms with Crippen LogP contribution in [-0.4, -0.2) is 179 Å². The Kier molecular flexibility index (Phi) is 13.8. The van der Waals surface area contributed by atoms with E-state index in [9.17, 15) is 70.6 Å². The molecule has 0 unspecified atom stereocenters. The molecular formula is C25H40O18. The maximum atomic E-state index is 12.5. The minimum Gasteiger partial charge on any atom is -0.394 e. The van der Waals surface area contributed by atoms with Crippen molar-refractivity contribution in [3.8, 4) is 0 Å². The van der Waals surface area contributed by atoms with Crippen molar-refractivity contribution in [1.82, 2.24) is 0 Å². The molecule has 0 spiro atoms. The smallest absolute Gasteiger partial charge is 0.240 e. The van der Waals surface area contributed by atoms with Gasteiger partial charge in [0.1, 0.15) is 67.1 Å². The first-order chi connectivity index (χ1) is 20.1. The summed E-state index contributed by atoms with van der Waals surface area (Å²) < 4.78 is 20.9. The molecular weight excluding hydrogens is 588 g/mol. The molecule has 0 aromatic carbocycles. The van der Waals surface area contributed by atoms with Gasteiger partial charge in [0, 0.05) is 6.42 Å². The highest BCUT2D eigenvalue weighted by Crippen LogP contribution is 2.27. The first-order valence-corrected chi connectivity index (χ1v) is 13.3. The molecule has 0 amide bonds. The van der Waals surface area contributed by atoms with Crippen molar-refractivity contribution in [2.75, 3.05) is 19.8 Å². The zero-order chi connectivity index (χ0) is 32.8. The zero-order valence-electron chi connectivity index (χ0n) is 23.1. The van der Waals surface area contributed by atoms with Gasteiger partial charge in [-0.3, -0.25) is 14.4 Å². The Morgan fingerprint density at radius 2 is 1.37 bits per heavy atom. The number of aliphatic hydroxyl groups excluding tert-OH is 10. The minimum atomic E-state index is -3.50. The fourth-order valence-electron chi connectivity index (χ4n) is 4.44. The molecule has 0 aliphatic carbocycles. The van der Waals surface area contributed by atoms with Crippen molar-refractivity contribution in [2.24, 2.45) is 0 Å². The van der Waals surface area contributed by atoms with Gasteiger partial charge < -0.3 is 75.1 Å². The van der Waals surface area contributed by atoms with Crippen LogP contribution in [0.15, 0.2) is 12.7 Å². The van der Waals surface area contributed by atoms with Crippen molar-refractivity contribution >= 4 is 17.3 Å². The molecule has 18 nitrogen and oxygen atoms in total. The molecule has 2 heterocycles. The number of carbonyl (C=O) groups excluding carboxylic acids is 3. The van der Waals surface area contributed by atoms with Gasteiger partial charge >= 0.3 is 0 Å². The molecule has 2 aliphatic rings. The lowest BCUT2D eigenvalue weighted by Crippen LogP contribution is -2.64. The first kappa shape index (κ1) is 37.3. The third kappa shape index (κ3) is 8.06. The highest BCUT2D eigenvalue weighted by molar-refractivity contribution is 6.45. The molecule has 14 atom stereocenters. The zero-order valence-corrected chi connectivity index (χ0v) is 23.1. The molecule has 2 saturated heterocycles. The Morgan fingerprint density at radius 1 is 0.860 bits per heavy atom. The van der Waals surface area contributed by atoms with Crippen LogP contribution in [0.2, 0.25) is 0 Å². The Balaban J connectivity index is 2.08. The van der Waals surface area contributed by atoms with Crippen molar-refractivity contribution < 1.29 is 89.5 Å². The van der Waals surface area contributed by atoms with E-state index in [4.69, 9.17) is 18.9 Å². The molecule has 0 saturated carbocycles. The van der Waals surface area contributed by atoms with Crippen LogP contribution in [0, 0.1) is 0 Å². The van der Waals surface area contributed by atoms with Crippen LogP contribution in [0.25, 0.3) is 0 Å². The average molecular weight is 629 g/mol. The maximum Gasteiger partial charge on any atom is 0.240 e. The molecule has 18 heteroatoms. The Hall–Kier alpha value is -1.85. The van der Waals surface area contributed by atoms with E-state index in [0.29, 0.717) is 6.08 Å². The van der Waals surface area contributed by atoms with E-state index in [1.54, 1.807) is 0 Å². The Morgan fingerprint density at radius 3 is 1.88 bits per heavy atom. The summed E-state index contributed by atoms with van der Waals surface area (Å²) in [5, 5.41) is 112. The molecule has 11 N–H and O–H groups in total. The van der Waals surface area contributed by atoms with Gasteiger partial charge in [0.05, 0.1) is 19.8 Å². The summed E-state index contributed by atoms with van der Waals surface area (Å²) in [6.07, 6.45) is -24.6. The normalized spacial score (nSPS) is 36.7. The van der Waals surface area contributed by atoms with E-state index in [-0.39, 0.29) is 6.42 Å². The second-order valence-corrected chi connectivity index (χ2v) is 10.2. The van der Waals surface area contributed by atoms with Crippen LogP contribution in [-0.2, 0) is 33.3 Å². The van der Waals surface area contributed by atoms with Crippen LogP contribution < -0.4 is 0 Å². The van der Waals surface area contributed by atoms with Crippen LogP contribution in [0.1, 0.15) is 19.8 Å². The minimum absolute atomic E-state index is 0.150. The van der Waals surface area contributed by atoms with Gasteiger partial charge in [-0.05, 0) is 12.5 Å².